The van der Waals surface area contributed by atoms with E-state index < -0.39 is 0 Å². The molecule has 0 aliphatic rings. The number of aromatic nitrogens is 1. The molecule has 0 amide bonds. The molecule has 0 aromatic carbocycles. The number of rotatable bonds is 3. The van der Waals surface area contributed by atoms with Crippen LogP contribution in [0.3, 0.4) is 0 Å². The van der Waals surface area contributed by atoms with Crippen molar-refractivity contribution in [2.75, 3.05) is 13.0 Å². The van der Waals surface area contributed by atoms with Crippen LogP contribution in [0.5, 0.6) is 0 Å². The fourth-order valence-electron chi connectivity index (χ4n) is 0.871. The normalized spacial score (nSPS) is 11.1. The summed E-state index contributed by atoms with van der Waals surface area (Å²) in [4.78, 5) is 8.18. The Bertz CT molecular complexity index is 329. The van der Waals surface area contributed by atoms with Gasteiger partial charge in [-0.3, -0.25) is 4.98 Å². The fraction of sp³-hybridized carbons (Fsp3) is 0.200. The third-order valence-corrected chi connectivity index (χ3v) is 1.80. The lowest BCUT2D eigenvalue weighted by molar-refractivity contribution is 0.401. The van der Waals surface area contributed by atoms with E-state index in [0.29, 0.717) is 17.3 Å². The van der Waals surface area contributed by atoms with Gasteiger partial charge in [0.15, 0.2) is 0 Å². The number of alkyl halides is 1. The molecule has 1 aromatic rings. The van der Waals surface area contributed by atoms with Gasteiger partial charge in [0.25, 0.3) is 0 Å². The first-order chi connectivity index (χ1) is 6.77. The topological polar surface area (TPSA) is 34.5 Å². The van der Waals surface area contributed by atoms with Gasteiger partial charge in [-0.15, -0.1) is 11.6 Å². The fourth-order valence-corrected chi connectivity index (χ4v) is 1.04. The van der Waals surface area contributed by atoms with E-state index in [4.69, 9.17) is 16.3 Å². The molecule has 1 aromatic heterocycles. The van der Waals surface area contributed by atoms with Crippen molar-refractivity contribution >= 4 is 23.2 Å². The first-order valence-electron chi connectivity index (χ1n) is 4.05. The first kappa shape index (κ1) is 10.7. The zero-order valence-electron chi connectivity index (χ0n) is 7.90. The second kappa shape index (κ2) is 5.40. The molecular formula is C10H11ClN2O. The van der Waals surface area contributed by atoms with Crippen LogP contribution in [0.15, 0.2) is 36.0 Å². The highest BCUT2D eigenvalue weighted by molar-refractivity contribution is 6.27. The predicted molar refractivity (Wildman–Crippen MR) is 58.4 cm³/mol. The van der Waals surface area contributed by atoms with Crippen molar-refractivity contribution in [3.63, 3.8) is 0 Å². The molecule has 0 aliphatic heterocycles. The van der Waals surface area contributed by atoms with Crippen LogP contribution >= 0.6 is 11.6 Å². The molecule has 4 heteroatoms. The molecule has 0 spiro atoms. The molecule has 0 bridgehead atoms. The lowest BCUT2D eigenvalue weighted by Crippen LogP contribution is -2.03. The second-order valence-corrected chi connectivity index (χ2v) is 2.77. The molecular weight excluding hydrogens is 200 g/mol. The van der Waals surface area contributed by atoms with Crippen molar-refractivity contribution in [1.29, 1.82) is 0 Å². The van der Waals surface area contributed by atoms with Crippen molar-refractivity contribution in [2.24, 2.45) is 4.99 Å². The number of methoxy groups -OCH3 is 1. The first-order valence-corrected chi connectivity index (χ1v) is 4.59. The minimum atomic E-state index is 0.225. The average molecular weight is 211 g/mol. The minimum Gasteiger partial charge on any atom is -0.483 e. The molecule has 0 atom stereocenters. The second-order valence-electron chi connectivity index (χ2n) is 2.50. The summed E-state index contributed by atoms with van der Waals surface area (Å²) in [6, 6.07) is 5.53. The van der Waals surface area contributed by atoms with Crippen molar-refractivity contribution in [3.8, 4) is 0 Å². The van der Waals surface area contributed by atoms with E-state index >= 15 is 0 Å². The Hall–Kier alpha value is -1.35. The van der Waals surface area contributed by atoms with Gasteiger partial charge >= 0.3 is 0 Å². The highest BCUT2D eigenvalue weighted by Gasteiger charge is 2.00. The third kappa shape index (κ3) is 2.85. The van der Waals surface area contributed by atoms with Crippen LogP contribution in [0.1, 0.15) is 5.69 Å². The van der Waals surface area contributed by atoms with Gasteiger partial charge in [0.2, 0.25) is 5.90 Å². The molecule has 74 valence electrons. The molecule has 14 heavy (non-hydrogen) atoms. The van der Waals surface area contributed by atoms with Crippen LogP contribution in [0.2, 0.25) is 0 Å². The van der Waals surface area contributed by atoms with Gasteiger partial charge in [0.05, 0.1) is 24.4 Å². The summed E-state index contributed by atoms with van der Waals surface area (Å²) in [7, 11) is 1.52. The Morgan fingerprint density at radius 3 is 2.93 bits per heavy atom. The Morgan fingerprint density at radius 1 is 1.64 bits per heavy atom. The number of nitrogens with zero attached hydrogens (tertiary/aromatic N) is 2. The minimum absolute atomic E-state index is 0.225. The molecule has 0 N–H and O–H groups in total. The summed E-state index contributed by atoms with van der Waals surface area (Å²) in [5.74, 6) is 0.657. The number of aliphatic imine (C=N–C) groups is 1. The number of ether oxygens (including phenoxy) is 1. The van der Waals surface area contributed by atoms with Gasteiger partial charge in [-0.25, -0.2) is 4.99 Å². The van der Waals surface area contributed by atoms with Gasteiger partial charge in [-0.2, -0.15) is 0 Å². The highest BCUT2D eigenvalue weighted by Crippen LogP contribution is 2.10. The summed E-state index contributed by atoms with van der Waals surface area (Å²) in [6.45, 7) is 3.77. The van der Waals surface area contributed by atoms with Gasteiger partial charge in [-0.1, -0.05) is 12.6 Å². The Kier molecular flexibility index (Phi) is 4.13. The van der Waals surface area contributed by atoms with Crippen LogP contribution in [-0.4, -0.2) is 23.9 Å². The molecule has 0 saturated heterocycles. The van der Waals surface area contributed by atoms with E-state index in [-0.39, 0.29) is 5.88 Å². The van der Waals surface area contributed by atoms with Crippen LogP contribution < -0.4 is 0 Å². The number of halogens is 1. The van der Waals surface area contributed by atoms with Crippen LogP contribution in [0, 0.1) is 0 Å². The monoisotopic (exact) mass is 210 g/mol. The van der Waals surface area contributed by atoms with Gasteiger partial charge in [-0.05, 0) is 12.1 Å². The van der Waals surface area contributed by atoms with Crippen molar-refractivity contribution in [3.05, 3.63) is 36.7 Å². The average Bonchev–Trinajstić information content (AvgIpc) is 2.26. The molecule has 3 nitrogen and oxygen atoms in total. The summed E-state index contributed by atoms with van der Waals surface area (Å²) >= 11 is 5.58. The summed E-state index contributed by atoms with van der Waals surface area (Å²) in [5.41, 5.74) is 1.26. The highest BCUT2D eigenvalue weighted by atomic mass is 35.5. The number of hydrogen-bond donors (Lipinski definition) is 0. The molecule has 1 rings (SSSR count). The van der Waals surface area contributed by atoms with Crippen LogP contribution in [0.4, 0.5) is 0 Å². The third-order valence-electron chi connectivity index (χ3n) is 1.57. The molecule has 0 saturated carbocycles. The smallest absolute Gasteiger partial charge is 0.203 e. The summed E-state index contributed by atoms with van der Waals surface area (Å²) in [5, 5.41) is 0. The number of hydrogen-bond acceptors (Lipinski definition) is 3. The van der Waals surface area contributed by atoms with E-state index in [1.54, 1.807) is 6.20 Å². The van der Waals surface area contributed by atoms with Crippen molar-refractivity contribution in [2.45, 2.75) is 0 Å². The van der Waals surface area contributed by atoms with Crippen molar-refractivity contribution in [1.82, 2.24) is 4.98 Å². The van der Waals surface area contributed by atoms with E-state index in [1.807, 2.05) is 18.2 Å². The maximum absolute atomic E-state index is 5.58. The summed E-state index contributed by atoms with van der Waals surface area (Å²) < 4.78 is 4.92. The lowest BCUT2D eigenvalue weighted by atomic mass is 10.3. The summed E-state index contributed by atoms with van der Waals surface area (Å²) in [6.07, 6.45) is 1.68. The Balaban J connectivity index is 2.82. The molecule has 0 fully saturated rings. The Labute approximate surface area is 88.1 Å². The SMILES string of the molecule is C=C(N=C(CCl)OC)c1ccccn1. The molecule has 0 radical (unpaired) electrons. The van der Waals surface area contributed by atoms with Crippen molar-refractivity contribution < 1.29 is 4.74 Å². The van der Waals surface area contributed by atoms with Gasteiger partial charge in [0.1, 0.15) is 0 Å². The van der Waals surface area contributed by atoms with E-state index in [0.717, 1.165) is 0 Å². The quantitative estimate of drug-likeness (QED) is 0.436. The zero-order valence-corrected chi connectivity index (χ0v) is 8.66. The predicted octanol–water partition coefficient (Wildman–Crippen LogP) is 2.34. The van der Waals surface area contributed by atoms with E-state index in [9.17, 15) is 0 Å². The lowest BCUT2D eigenvalue weighted by Gasteiger charge is -2.02. The van der Waals surface area contributed by atoms with E-state index in [2.05, 4.69) is 16.6 Å². The maximum Gasteiger partial charge on any atom is 0.203 e. The molecule has 1 heterocycles. The van der Waals surface area contributed by atoms with E-state index in [1.165, 1.54) is 7.11 Å². The maximum atomic E-state index is 5.58. The van der Waals surface area contributed by atoms with Crippen LogP contribution in [-0.2, 0) is 4.74 Å². The Morgan fingerprint density at radius 2 is 2.43 bits per heavy atom. The molecule has 0 aliphatic carbocycles. The number of pyridine rings is 1. The van der Waals surface area contributed by atoms with Crippen LogP contribution in [0.25, 0.3) is 5.70 Å². The van der Waals surface area contributed by atoms with Gasteiger partial charge in [0, 0.05) is 6.20 Å². The standard InChI is InChI=1S/C10H11ClN2O/c1-8(13-10(7-11)14-2)9-5-3-4-6-12-9/h3-6H,1,7H2,2H3. The zero-order chi connectivity index (χ0) is 10.4. The van der Waals surface area contributed by atoms with Gasteiger partial charge < -0.3 is 4.74 Å². The molecule has 0 unspecified atom stereocenters. The largest absolute Gasteiger partial charge is 0.483 e.